The van der Waals surface area contributed by atoms with Gasteiger partial charge in [-0.1, -0.05) is 12.1 Å². The van der Waals surface area contributed by atoms with E-state index in [4.69, 9.17) is 9.47 Å². The number of benzene rings is 2. The van der Waals surface area contributed by atoms with Gasteiger partial charge in [-0.2, -0.15) is 5.10 Å². The van der Waals surface area contributed by atoms with E-state index in [0.29, 0.717) is 6.73 Å². The number of nitrogens with zero attached hydrogens (tertiary/aromatic N) is 3. The van der Waals surface area contributed by atoms with Gasteiger partial charge in [0.1, 0.15) is 29.9 Å². The van der Waals surface area contributed by atoms with E-state index < -0.39 is 0 Å². The first kappa shape index (κ1) is 13.2. The molecule has 0 aliphatic carbocycles. The average molecular weight is 281 g/mol. The van der Waals surface area contributed by atoms with Crippen LogP contribution in [0.3, 0.4) is 0 Å². The second kappa shape index (κ2) is 6.09. The van der Waals surface area contributed by atoms with Gasteiger partial charge in [-0.15, -0.1) is 0 Å². The molecular formula is C16H15N3O2. The van der Waals surface area contributed by atoms with Crippen LogP contribution in [0, 0.1) is 6.92 Å². The molecule has 0 bridgehead atoms. The van der Waals surface area contributed by atoms with Gasteiger partial charge in [0.05, 0.1) is 0 Å². The molecular weight excluding hydrogens is 266 g/mol. The highest BCUT2D eigenvalue weighted by Crippen LogP contribution is 2.24. The third kappa shape index (κ3) is 3.60. The van der Waals surface area contributed by atoms with Crippen LogP contribution in [0.15, 0.2) is 61.2 Å². The van der Waals surface area contributed by atoms with Crippen LogP contribution in [-0.2, 0) is 6.73 Å². The Balaban J connectivity index is 1.61. The first-order valence-electron chi connectivity index (χ1n) is 6.59. The van der Waals surface area contributed by atoms with E-state index in [0.717, 1.165) is 17.2 Å². The minimum Gasteiger partial charge on any atom is -0.471 e. The predicted octanol–water partition coefficient (Wildman–Crippen LogP) is 3.42. The lowest BCUT2D eigenvalue weighted by molar-refractivity contribution is 0.220. The zero-order chi connectivity index (χ0) is 14.5. The summed E-state index contributed by atoms with van der Waals surface area (Å²) in [7, 11) is 0. The van der Waals surface area contributed by atoms with Crippen molar-refractivity contribution in [1.82, 2.24) is 14.8 Å². The number of rotatable bonds is 5. The summed E-state index contributed by atoms with van der Waals surface area (Å²) < 4.78 is 13.0. The highest BCUT2D eigenvalue weighted by molar-refractivity contribution is 5.36. The first-order valence-corrected chi connectivity index (χ1v) is 6.59. The van der Waals surface area contributed by atoms with Crippen LogP contribution in [0.1, 0.15) is 5.56 Å². The monoisotopic (exact) mass is 281 g/mol. The molecule has 0 saturated heterocycles. The smallest absolute Gasteiger partial charge is 0.182 e. The van der Waals surface area contributed by atoms with Gasteiger partial charge < -0.3 is 9.47 Å². The van der Waals surface area contributed by atoms with Gasteiger partial charge in [-0.25, -0.2) is 9.67 Å². The summed E-state index contributed by atoms with van der Waals surface area (Å²) >= 11 is 0. The minimum absolute atomic E-state index is 0.331. The third-order valence-electron chi connectivity index (χ3n) is 2.88. The standard InChI is InChI=1S/C16H15N3O2/c1-13-3-2-4-16(9-13)21-15-7-5-14(6-8-15)20-12-19-11-17-10-18-19/h2-11H,12H2,1H3. The lowest BCUT2D eigenvalue weighted by Gasteiger charge is -2.08. The van der Waals surface area contributed by atoms with E-state index in [-0.39, 0.29) is 0 Å². The highest BCUT2D eigenvalue weighted by Gasteiger charge is 1.99. The summed E-state index contributed by atoms with van der Waals surface area (Å²) in [6.45, 7) is 2.37. The molecule has 3 rings (SSSR count). The molecule has 3 aromatic rings. The second-order valence-corrected chi connectivity index (χ2v) is 4.60. The molecule has 21 heavy (non-hydrogen) atoms. The van der Waals surface area contributed by atoms with Crippen molar-refractivity contribution in [1.29, 1.82) is 0 Å². The molecule has 0 radical (unpaired) electrons. The number of aromatic nitrogens is 3. The molecule has 0 N–H and O–H groups in total. The van der Waals surface area contributed by atoms with Crippen LogP contribution in [0.2, 0.25) is 0 Å². The first-order chi connectivity index (χ1) is 10.3. The van der Waals surface area contributed by atoms with Crippen LogP contribution in [0.4, 0.5) is 0 Å². The van der Waals surface area contributed by atoms with Gasteiger partial charge >= 0.3 is 0 Å². The summed E-state index contributed by atoms with van der Waals surface area (Å²) in [5.74, 6) is 2.35. The number of hydrogen-bond donors (Lipinski definition) is 0. The molecule has 0 fully saturated rings. The van der Waals surface area contributed by atoms with E-state index >= 15 is 0 Å². The molecule has 5 nitrogen and oxygen atoms in total. The van der Waals surface area contributed by atoms with E-state index in [1.165, 1.54) is 11.9 Å². The summed E-state index contributed by atoms with van der Waals surface area (Å²) in [6, 6.07) is 15.4. The van der Waals surface area contributed by atoms with E-state index in [2.05, 4.69) is 10.1 Å². The van der Waals surface area contributed by atoms with Gasteiger partial charge in [0.15, 0.2) is 6.73 Å². The Morgan fingerprint density at radius 1 is 1.00 bits per heavy atom. The molecule has 1 aromatic heterocycles. The van der Waals surface area contributed by atoms with Crippen LogP contribution in [0.5, 0.6) is 17.2 Å². The maximum Gasteiger partial charge on any atom is 0.182 e. The van der Waals surface area contributed by atoms with Crippen LogP contribution in [0.25, 0.3) is 0 Å². The Bertz CT molecular complexity index is 694. The molecule has 0 spiro atoms. The highest BCUT2D eigenvalue weighted by atomic mass is 16.5. The van der Waals surface area contributed by atoms with Gasteiger partial charge in [0.2, 0.25) is 0 Å². The average Bonchev–Trinajstić information content (AvgIpc) is 3.00. The molecule has 0 atom stereocenters. The van der Waals surface area contributed by atoms with E-state index in [1.54, 1.807) is 11.0 Å². The zero-order valence-corrected chi connectivity index (χ0v) is 11.6. The van der Waals surface area contributed by atoms with Crippen molar-refractivity contribution in [3.8, 4) is 17.2 Å². The van der Waals surface area contributed by atoms with Crippen molar-refractivity contribution in [2.75, 3.05) is 0 Å². The van der Waals surface area contributed by atoms with Gasteiger partial charge in [-0.3, -0.25) is 0 Å². The van der Waals surface area contributed by atoms with Gasteiger partial charge in [0, 0.05) is 0 Å². The molecule has 0 amide bonds. The van der Waals surface area contributed by atoms with Crippen LogP contribution in [-0.4, -0.2) is 14.8 Å². The lowest BCUT2D eigenvalue weighted by atomic mass is 10.2. The van der Waals surface area contributed by atoms with Crippen LogP contribution < -0.4 is 9.47 Å². The van der Waals surface area contributed by atoms with E-state index in [9.17, 15) is 0 Å². The Kier molecular flexibility index (Phi) is 3.82. The van der Waals surface area contributed by atoms with Crippen molar-refractivity contribution >= 4 is 0 Å². The maximum absolute atomic E-state index is 5.78. The predicted molar refractivity (Wildman–Crippen MR) is 78.3 cm³/mol. The van der Waals surface area contributed by atoms with E-state index in [1.807, 2.05) is 55.5 Å². The quantitative estimate of drug-likeness (QED) is 0.719. The molecule has 106 valence electrons. The number of ether oxygens (including phenoxy) is 2. The fourth-order valence-electron chi connectivity index (χ4n) is 1.86. The van der Waals surface area contributed by atoms with Crippen molar-refractivity contribution in [2.24, 2.45) is 0 Å². The topological polar surface area (TPSA) is 49.2 Å². The normalized spacial score (nSPS) is 10.3. The number of aryl methyl sites for hydroxylation is 1. The van der Waals surface area contributed by atoms with Gasteiger partial charge in [0.25, 0.3) is 0 Å². The largest absolute Gasteiger partial charge is 0.471 e. The van der Waals surface area contributed by atoms with Crippen molar-refractivity contribution in [3.05, 3.63) is 66.7 Å². The summed E-state index contributed by atoms with van der Waals surface area (Å²) in [5, 5.41) is 3.97. The molecule has 0 saturated carbocycles. The molecule has 0 unspecified atom stereocenters. The molecule has 0 aliphatic rings. The molecule has 5 heteroatoms. The Morgan fingerprint density at radius 3 is 2.52 bits per heavy atom. The SMILES string of the molecule is Cc1cccc(Oc2ccc(OCn3cncn3)cc2)c1. The zero-order valence-electron chi connectivity index (χ0n) is 11.6. The van der Waals surface area contributed by atoms with Gasteiger partial charge in [-0.05, 0) is 48.9 Å². The summed E-state index contributed by atoms with van der Waals surface area (Å²) in [6.07, 6.45) is 3.08. The van der Waals surface area contributed by atoms with Crippen molar-refractivity contribution in [2.45, 2.75) is 13.7 Å². The third-order valence-corrected chi connectivity index (χ3v) is 2.88. The Hall–Kier alpha value is -2.82. The van der Waals surface area contributed by atoms with Crippen molar-refractivity contribution < 1.29 is 9.47 Å². The maximum atomic E-state index is 5.78. The minimum atomic E-state index is 0.331. The Morgan fingerprint density at radius 2 is 1.81 bits per heavy atom. The van der Waals surface area contributed by atoms with Crippen molar-refractivity contribution in [3.63, 3.8) is 0 Å². The second-order valence-electron chi connectivity index (χ2n) is 4.60. The fraction of sp³-hybridized carbons (Fsp3) is 0.125. The molecule has 1 heterocycles. The molecule has 2 aromatic carbocycles. The van der Waals surface area contributed by atoms with Crippen LogP contribution >= 0.6 is 0 Å². The number of hydrogen-bond acceptors (Lipinski definition) is 4. The summed E-state index contributed by atoms with van der Waals surface area (Å²) in [4.78, 5) is 3.85. The fourth-order valence-corrected chi connectivity index (χ4v) is 1.86. The Labute approximate surface area is 122 Å². The molecule has 0 aliphatic heterocycles. The lowest BCUT2D eigenvalue weighted by Crippen LogP contribution is -2.05. The summed E-state index contributed by atoms with van der Waals surface area (Å²) in [5.41, 5.74) is 1.17.